The number of Topliss-reactive ketones (excluding diaryl/α,β-unsaturated/α-hetero) is 1. The van der Waals surface area contributed by atoms with Crippen LogP contribution in [0.3, 0.4) is 0 Å². The Balaban J connectivity index is 2.21. The van der Waals surface area contributed by atoms with Crippen LogP contribution in [0.1, 0.15) is 19.3 Å². The predicted octanol–water partition coefficient (Wildman–Crippen LogP) is 0.813. The van der Waals surface area contributed by atoms with Gasteiger partial charge in [-0.2, -0.15) is 0 Å². The fraction of sp³-hybridized carbons (Fsp3) is 0.500. The molecule has 0 aromatic heterocycles. The molecule has 0 radical (unpaired) electrons. The summed E-state index contributed by atoms with van der Waals surface area (Å²) < 4.78 is 0. The second-order valence-corrected chi connectivity index (χ2v) is 3.16. The molecule has 3 nitrogen and oxygen atoms in total. The predicted molar refractivity (Wildman–Crippen MR) is 49.1 cm³/mol. The minimum Gasteiger partial charge on any atom is -0.345 e. The van der Waals surface area contributed by atoms with Crippen molar-refractivity contribution in [2.75, 3.05) is 6.54 Å². The maximum absolute atomic E-state index is 11.3. The van der Waals surface area contributed by atoms with Crippen molar-refractivity contribution >= 4 is 11.7 Å². The summed E-state index contributed by atoms with van der Waals surface area (Å²) in [5, 5.41) is 2.49. The number of carbonyl (C=O) groups is 2. The number of ketones is 1. The highest BCUT2D eigenvalue weighted by molar-refractivity contribution is 5.92. The van der Waals surface area contributed by atoms with Crippen LogP contribution in [0.15, 0.2) is 18.4 Å². The molecule has 3 heteroatoms. The van der Waals surface area contributed by atoms with Gasteiger partial charge in [-0.3, -0.25) is 9.59 Å². The number of amides is 1. The first-order valence-corrected chi connectivity index (χ1v) is 4.40. The van der Waals surface area contributed by atoms with Crippen LogP contribution >= 0.6 is 0 Å². The Morgan fingerprint density at radius 2 is 2.23 bits per heavy atom. The fourth-order valence-corrected chi connectivity index (χ4v) is 1.19. The lowest BCUT2D eigenvalue weighted by Gasteiger charge is -2.23. The van der Waals surface area contributed by atoms with Crippen molar-refractivity contribution < 1.29 is 9.59 Å². The maximum Gasteiger partial charge on any atom is 0.252 e. The third kappa shape index (κ3) is 2.88. The van der Waals surface area contributed by atoms with Crippen LogP contribution in [0, 0.1) is 5.92 Å². The van der Waals surface area contributed by atoms with Gasteiger partial charge in [-0.05, 0) is 12.8 Å². The standard InChI is InChI=1S/C10H13NO2/c1-2-4-10(13)11-7-9(12)8-5-3-6-8/h4,8H,1,3,5-7H2,(H,11,13). The molecule has 1 amide bonds. The molecular formula is C10H13NO2. The normalized spacial score (nSPS) is 15.4. The van der Waals surface area contributed by atoms with Crippen molar-refractivity contribution in [3.8, 4) is 0 Å². The molecule has 13 heavy (non-hydrogen) atoms. The molecular weight excluding hydrogens is 166 g/mol. The summed E-state index contributed by atoms with van der Waals surface area (Å²) in [5.41, 5.74) is 2.35. The van der Waals surface area contributed by atoms with Gasteiger partial charge in [0.05, 0.1) is 6.54 Å². The highest BCUT2D eigenvalue weighted by Gasteiger charge is 2.24. The Bertz CT molecular complexity index is 260. The SMILES string of the molecule is C=C=CC(=O)NCC(=O)C1CCC1. The molecule has 1 aliphatic rings. The topological polar surface area (TPSA) is 46.2 Å². The highest BCUT2D eigenvalue weighted by atomic mass is 16.2. The van der Waals surface area contributed by atoms with E-state index in [0.717, 1.165) is 19.3 Å². The fourth-order valence-electron chi connectivity index (χ4n) is 1.19. The van der Waals surface area contributed by atoms with Crippen molar-refractivity contribution in [2.24, 2.45) is 5.92 Å². The maximum atomic E-state index is 11.3. The quantitative estimate of drug-likeness (QED) is 0.513. The summed E-state index contributed by atoms with van der Waals surface area (Å²) in [5.74, 6) is 0.0211. The minimum atomic E-state index is -0.303. The second-order valence-electron chi connectivity index (χ2n) is 3.16. The zero-order valence-electron chi connectivity index (χ0n) is 7.51. The molecule has 1 N–H and O–H groups in total. The molecule has 0 saturated heterocycles. The van der Waals surface area contributed by atoms with Gasteiger partial charge < -0.3 is 5.32 Å². The van der Waals surface area contributed by atoms with Crippen molar-refractivity contribution in [1.82, 2.24) is 5.32 Å². The molecule has 0 bridgehead atoms. The third-order valence-electron chi connectivity index (χ3n) is 2.23. The first-order chi connectivity index (χ1) is 6.24. The van der Waals surface area contributed by atoms with Crippen molar-refractivity contribution in [3.05, 3.63) is 18.4 Å². The summed E-state index contributed by atoms with van der Waals surface area (Å²) in [6, 6.07) is 0. The van der Waals surface area contributed by atoms with Crippen LogP contribution < -0.4 is 5.32 Å². The Morgan fingerprint density at radius 1 is 1.54 bits per heavy atom. The third-order valence-corrected chi connectivity index (χ3v) is 2.23. The molecule has 0 heterocycles. The number of rotatable bonds is 4. The van der Waals surface area contributed by atoms with Gasteiger partial charge in [0.1, 0.15) is 0 Å². The largest absolute Gasteiger partial charge is 0.345 e. The zero-order valence-corrected chi connectivity index (χ0v) is 7.51. The molecule has 1 saturated carbocycles. The van der Waals surface area contributed by atoms with Crippen molar-refractivity contribution in [2.45, 2.75) is 19.3 Å². The van der Waals surface area contributed by atoms with Gasteiger partial charge in [0.2, 0.25) is 0 Å². The molecule has 0 aromatic carbocycles. The van der Waals surface area contributed by atoms with E-state index in [9.17, 15) is 9.59 Å². The van der Waals surface area contributed by atoms with Gasteiger partial charge in [0, 0.05) is 12.0 Å². The van der Waals surface area contributed by atoms with E-state index in [0.29, 0.717) is 0 Å². The van der Waals surface area contributed by atoms with Crippen LogP contribution in [0.5, 0.6) is 0 Å². The second kappa shape index (κ2) is 4.63. The zero-order chi connectivity index (χ0) is 9.68. The molecule has 1 fully saturated rings. The van der Waals surface area contributed by atoms with Crippen LogP contribution in [-0.2, 0) is 9.59 Å². The lowest BCUT2D eigenvalue weighted by Crippen LogP contribution is -2.34. The van der Waals surface area contributed by atoms with E-state index < -0.39 is 0 Å². The monoisotopic (exact) mass is 179 g/mol. The van der Waals surface area contributed by atoms with Gasteiger partial charge in [0.25, 0.3) is 5.91 Å². The van der Waals surface area contributed by atoms with E-state index in [1.807, 2.05) is 0 Å². The van der Waals surface area contributed by atoms with Gasteiger partial charge >= 0.3 is 0 Å². The first kappa shape index (κ1) is 9.75. The number of carbonyl (C=O) groups excluding carboxylic acids is 2. The van der Waals surface area contributed by atoms with E-state index >= 15 is 0 Å². The molecule has 0 atom stereocenters. The van der Waals surface area contributed by atoms with Crippen LogP contribution in [0.4, 0.5) is 0 Å². The van der Waals surface area contributed by atoms with Crippen LogP contribution in [-0.4, -0.2) is 18.2 Å². The van der Waals surface area contributed by atoms with E-state index in [-0.39, 0.29) is 24.2 Å². The summed E-state index contributed by atoms with van der Waals surface area (Å²) in [4.78, 5) is 22.1. The van der Waals surface area contributed by atoms with Crippen molar-refractivity contribution in [1.29, 1.82) is 0 Å². The van der Waals surface area contributed by atoms with Crippen LogP contribution in [0.25, 0.3) is 0 Å². The molecule has 0 unspecified atom stereocenters. The Morgan fingerprint density at radius 3 is 2.69 bits per heavy atom. The Hall–Kier alpha value is -1.34. The first-order valence-electron chi connectivity index (χ1n) is 4.40. The smallest absolute Gasteiger partial charge is 0.252 e. The van der Waals surface area contributed by atoms with Gasteiger partial charge in [-0.1, -0.05) is 13.0 Å². The summed E-state index contributed by atoms with van der Waals surface area (Å²) in [6.07, 6.45) is 4.28. The Kier molecular flexibility index (Phi) is 3.47. The minimum absolute atomic E-state index is 0.136. The van der Waals surface area contributed by atoms with Gasteiger partial charge in [0.15, 0.2) is 5.78 Å². The summed E-state index contributed by atoms with van der Waals surface area (Å²) >= 11 is 0. The molecule has 1 rings (SSSR count). The van der Waals surface area contributed by atoms with Gasteiger partial charge in [-0.25, -0.2) is 0 Å². The summed E-state index contributed by atoms with van der Waals surface area (Å²) in [6.45, 7) is 3.40. The average Bonchev–Trinajstić information content (AvgIpc) is 1.98. The Labute approximate surface area is 77.5 Å². The average molecular weight is 179 g/mol. The van der Waals surface area contributed by atoms with E-state index in [1.54, 1.807) is 0 Å². The lowest BCUT2D eigenvalue weighted by molar-refractivity contribution is -0.126. The molecule has 0 aliphatic heterocycles. The highest BCUT2D eigenvalue weighted by Crippen LogP contribution is 2.26. The van der Waals surface area contributed by atoms with Crippen molar-refractivity contribution in [3.63, 3.8) is 0 Å². The number of nitrogens with one attached hydrogen (secondary N) is 1. The lowest BCUT2D eigenvalue weighted by atomic mass is 9.82. The molecule has 1 aliphatic carbocycles. The molecule has 0 spiro atoms. The molecule has 70 valence electrons. The van der Waals surface area contributed by atoms with E-state index in [2.05, 4.69) is 17.6 Å². The van der Waals surface area contributed by atoms with Gasteiger partial charge in [-0.15, -0.1) is 5.73 Å². The van der Waals surface area contributed by atoms with Crippen LogP contribution in [0.2, 0.25) is 0 Å². The summed E-state index contributed by atoms with van der Waals surface area (Å²) in [7, 11) is 0. The molecule has 0 aromatic rings. The number of hydrogen-bond acceptors (Lipinski definition) is 2. The number of hydrogen-bond donors (Lipinski definition) is 1. The van der Waals surface area contributed by atoms with E-state index in [1.165, 1.54) is 6.08 Å². The van der Waals surface area contributed by atoms with E-state index in [4.69, 9.17) is 0 Å².